The SMILES string of the molecule is CC(C)(C)NCC(O)c1ccc(O)c(CO)c1.CCC(=O)O[C@]1(C(=O)SCF)[C@H](C)C[C@H]2C3C[C@H](F)C4=CC(=O)C=C[C@]4(C)[C@@]3(F)[C@@H](O)C[C@@]21C.FCC(F)(F)F. The first-order valence-electron chi connectivity index (χ1n) is 18.6. The zero-order valence-electron chi connectivity index (χ0n) is 33.1. The molecular formula is C40H54F7NO8S. The zero-order chi connectivity index (χ0) is 43.5. The van der Waals surface area contributed by atoms with E-state index < -0.39 is 94.0 Å². The summed E-state index contributed by atoms with van der Waals surface area (Å²) in [5, 5.41) is 42.3. The Morgan fingerprint density at radius 3 is 2.25 bits per heavy atom. The van der Waals surface area contributed by atoms with E-state index in [0.717, 1.165) is 6.08 Å². The van der Waals surface area contributed by atoms with Gasteiger partial charge in [-0.3, -0.25) is 14.4 Å². The first kappa shape index (κ1) is 48.4. The normalized spacial score (nSPS) is 33.6. The van der Waals surface area contributed by atoms with Gasteiger partial charge in [-0.25, -0.2) is 17.6 Å². The Bertz CT molecular complexity index is 1690. The fourth-order valence-electron chi connectivity index (χ4n) is 9.09. The number of alkyl halides is 7. The van der Waals surface area contributed by atoms with Crippen LogP contribution in [0.2, 0.25) is 0 Å². The van der Waals surface area contributed by atoms with Crippen molar-refractivity contribution in [1.82, 2.24) is 5.32 Å². The minimum atomic E-state index is -4.62. The van der Waals surface area contributed by atoms with E-state index in [9.17, 15) is 51.7 Å². The summed E-state index contributed by atoms with van der Waals surface area (Å²) in [5.41, 5.74) is -5.79. The van der Waals surface area contributed by atoms with E-state index in [4.69, 9.17) is 9.84 Å². The molecule has 0 saturated heterocycles. The van der Waals surface area contributed by atoms with Crippen molar-refractivity contribution in [3.8, 4) is 5.75 Å². The summed E-state index contributed by atoms with van der Waals surface area (Å²) in [6, 6.07) is 3.74. The third-order valence-electron chi connectivity index (χ3n) is 11.9. The smallest absolute Gasteiger partial charge is 0.416 e. The molecule has 0 bridgehead atoms. The summed E-state index contributed by atoms with van der Waals surface area (Å²) < 4.78 is 93.4. The zero-order valence-corrected chi connectivity index (χ0v) is 33.9. The van der Waals surface area contributed by atoms with Crippen LogP contribution >= 0.6 is 11.8 Å². The predicted octanol–water partition coefficient (Wildman–Crippen LogP) is 7.25. The maximum Gasteiger partial charge on any atom is 0.416 e. The number of aliphatic hydroxyl groups excluding tert-OH is 3. The molecule has 0 spiro atoms. The lowest BCUT2D eigenvalue weighted by Gasteiger charge is -2.63. The Labute approximate surface area is 332 Å². The van der Waals surface area contributed by atoms with Crippen molar-refractivity contribution in [3.63, 3.8) is 0 Å². The quantitative estimate of drug-likeness (QED) is 0.134. The number of aromatic hydroxyl groups is 1. The van der Waals surface area contributed by atoms with Gasteiger partial charge in [0.05, 0.1) is 18.8 Å². The summed E-state index contributed by atoms with van der Waals surface area (Å²) in [6.07, 6.45) is -5.12. The fraction of sp³-hybridized carbons (Fsp3) is 0.675. The van der Waals surface area contributed by atoms with Crippen molar-refractivity contribution in [2.45, 2.75) is 122 Å². The van der Waals surface area contributed by atoms with Gasteiger partial charge >= 0.3 is 12.1 Å². The van der Waals surface area contributed by atoms with Crippen molar-refractivity contribution in [2.24, 2.45) is 28.6 Å². The molecule has 9 nitrogen and oxygen atoms in total. The topological polar surface area (TPSA) is 153 Å². The van der Waals surface area contributed by atoms with Crippen LogP contribution in [0.15, 0.2) is 42.0 Å². The van der Waals surface area contributed by atoms with Gasteiger partial charge in [-0.2, -0.15) is 13.2 Å². The number of rotatable bonds is 8. The number of thioether (sulfide) groups is 1. The highest BCUT2D eigenvalue weighted by Gasteiger charge is 2.78. The van der Waals surface area contributed by atoms with Gasteiger partial charge in [0.15, 0.2) is 23.7 Å². The predicted molar refractivity (Wildman–Crippen MR) is 200 cm³/mol. The molecule has 1 aromatic rings. The van der Waals surface area contributed by atoms with Gasteiger partial charge in [0, 0.05) is 46.7 Å². The molecule has 0 amide bonds. The van der Waals surface area contributed by atoms with E-state index in [-0.39, 0.29) is 49.2 Å². The van der Waals surface area contributed by atoms with E-state index in [1.54, 1.807) is 32.9 Å². The second-order valence-electron chi connectivity index (χ2n) is 16.5. The van der Waals surface area contributed by atoms with Crippen LogP contribution in [0.4, 0.5) is 30.7 Å². The number of halogens is 7. The summed E-state index contributed by atoms with van der Waals surface area (Å²) in [5.74, 6) is -3.25. The molecule has 5 rings (SSSR count). The monoisotopic (exact) mass is 841 g/mol. The van der Waals surface area contributed by atoms with Crippen LogP contribution in [0, 0.1) is 28.6 Å². The van der Waals surface area contributed by atoms with E-state index in [1.165, 1.54) is 25.1 Å². The molecule has 10 atom stereocenters. The van der Waals surface area contributed by atoms with E-state index in [0.29, 0.717) is 29.4 Å². The van der Waals surface area contributed by atoms with Crippen LogP contribution < -0.4 is 5.32 Å². The van der Waals surface area contributed by atoms with Crippen molar-refractivity contribution in [1.29, 1.82) is 0 Å². The lowest BCUT2D eigenvalue weighted by atomic mass is 9.44. The minimum absolute atomic E-state index is 0.0141. The molecule has 0 aliphatic heterocycles. The molecule has 57 heavy (non-hydrogen) atoms. The van der Waals surface area contributed by atoms with Gasteiger partial charge in [-0.15, -0.1) is 0 Å². The number of allylic oxidation sites excluding steroid dienone is 4. The molecule has 322 valence electrons. The number of carbonyl (C=O) groups excluding carboxylic acids is 3. The summed E-state index contributed by atoms with van der Waals surface area (Å²) >= 11 is 0.396. The van der Waals surface area contributed by atoms with Crippen LogP contribution in [-0.2, 0) is 25.7 Å². The van der Waals surface area contributed by atoms with Crippen molar-refractivity contribution >= 4 is 28.6 Å². The second kappa shape index (κ2) is 18.1. The average molecular weight is 842 g/mol. The van der Waals surface area contributed by atoms with Crippen molar-refractivity contribution in [3.05, 3.63) is 53.1 Å². The molecular weight excluding hydrogens is 787 g/mol. The molecule has 5 N–H and O–H groups in total. The third kappa shape index (κ3) is 9.58. The lowest BCUT2D eigenvalue weighted by molar-refractivity contribution is -0.228. The van der Waals surface area contributed by atoms with Gasteiger partial charge in [0.25, 0.3) is 0 Å². The third-order valence-corrected chi connectivity index (χ3v) is 12.5. The van der Waals surface area contributed by atoms with Gasteiger partial charge < -0.3 is 30.5 Å². The summed E-state index contributed by atoms with van der Waals surface area (Å²) in [6.45, 7) is 10.5. The van der Waals surface area contributed by atoms with Crippen LogP contribution in [0.5, 0.6) is 5.75 Å². The number of esters is 1. The molecule has 0 radical (unpaired) electrons. The van der Waals surface area contributed by atoms with Crippen LogP contribution in [0.3, 0.4) is 0 Å². The fourth-order valence-corrected chi connectivity index (χ4v) is 9.88. The number of phenols is 1. The Morgan fingerprint density at radius 2 is 1.72 bits per heavy atom. The number of hydrogen-bond acceptors (Lipinski definition) is 10. The Hall–Kier alpha value is -2.99. The molecule has 0 heterocycles. The molecule has 2 unspecified atom stereocenters. The number of β-amino-alcohol motifs (C(OH)–C–C–N with tert-alkyl or cyclic N) is 1. The van der Waals surface area contributed by atoms with Gasteiger partial charge in [0.1, 0.15) is 17.9 Å². The summed E-state index contributed by atoms with van der Waals surface area (Å²) in [4.78, 5) is 37.8. The first-order valence-corrected chi connectivity index (χ1v) is 19.6. The maximum atomic E-state index is 17.2. The van der Waals surface area contributed by atoms with E-state index in [2.05, 4.69) is 5.32 Å². The Kier molecular flexibility index (Phi) is 15.4. The number of nitrogens with one attached hydrogen (secondary N) is 1. The summed E-state index contributed by atoms with van der Waals surface area (Å²) in [7, 11) is 0. The first-order chi connectivity index (χ1) is 26.2. The average Bonchev–Trinajstić information content (AvgIpc) is 3.35. The van der Waals surface area contributed by atoms with Gasteiger partial charge in [0.2, 0.25) is 5.12 Å². The molecule has 4 aliphatic rings. The van der Waals surface area contributed by atoms with Crippen LogP contribution in [0.25, 0.3) is 0 Å². The highest BCUT2D eigenvalue weighted by molar-refractivity contribution is 8.13. The van der Waals surface area contributed by atoms with Crippen molar-refractivity contribution < 1.29 is 70.3 Å². The van der Waals surface area contributed by atoms with E-state index >= 15 is 8.78 Å². The molecule has 4 aliphatic carbocycles. The van der Waals surface area contributed by atoms with Crippen LogP contribution in [-0.4, -0.2) is 91.8 Å². The Morgan fingerprint density at radius 1 is 1.11 bits per heavy atom. The number of aliphatic hydroxyl groups is 3. The molecule has 3 saturated carbocycles. The number of carbonyl (C=O) groups is 3. The largest absolute Gasteiger partial charge is 0.508 e. The van der Waals surface area contributed by atoms with Crippen molar-refractivity contribution in [2.75, 3.05) is 19.2 Å². The van der Waals surface area contributed by atoms with Crippen LogP contribution in [0.1, 0.15) is 91.4 Å². The highest BCUT2D eigenvalue weighted by atomic mass is 32.2. The standard InChI is InChI=1S/C25H31F3O5S.C13H21NO3.C2H2F4/c1-5-20(31)33-25(21(32)34-12-26)13(2)8-15-16-10-18(27)17-9-14(29)6-7-22(17,3)24(16,28)19(30)11-23(15,25)4;1-13(2,3)14-7-12(17)9-4-5-11(16)10(6-9)8-15;3-1-2(4,5)6/h6-7,9,13,15-16,18-19,30H,5,8,10-12H2,1-4H3;4-6,12,14-17H,7-8H2,1-3H3;1H2/t13-,15+,16?,18+,19+,22+,23+,24+,25+;;/m1../s1. The molecule has 17 heteroatoms. The maximum absolute atomic E-state index is 17.2. The number of benzene rings is 1. The number of ether oxygens (including phenoxy) is 1. The number of hydrogen-bond donors (Lipinski definition) is 5. The van der Waals surface area contributed by atoms with E-state index in [1.807, 2.05) is 20.8 Å². The van der Waals surface area contributed by atoms with Gasteiger partial charge in [-0.05, 0) is 100 Å². The molecule has 3 fully saturated rings. The highest BCUT2D eigenvalue weighted by Crippen LogP contribution is 2.72. The number of fused-ring (bicyclic) bond motifs is 5. The second-order valence-corrected chi connectivity index (χ2v) is 17.4. The lowest BCUT2D eigenvalue weighted by Crippen LogP contribution is -2.70. The molecule has 1 aromatic carbocycles. The molecule has 0 aromatic heterocycles. The minimum Gasteiger partial charge on any atom is -0.508 e. The van der Waals surface area contributed by atoms with Gasteiger partial charge in [-0.1, -0.05) is 32.9 Å². The Balaban J connectivity index is 0.000000314. The number of ketones is 1.